The number of aliphatic imine (C=N–C) groups is 3. The number of phenolic OH excluding ortho intramolecular Hbond substituents is 1. The Morgan fingerprint density at radius 3 is 2.60 bits per heavy atom. The van der Waals surface area contributed by atoms with Gasteiger partial charge in [0.25, 0.3) is 0 Å². The number of nitrogens with two attached hydrogens (primary N) is 1. The predicted octanol–water partition coefficient (Wildman–Crippen LogP) is 0.0510. The average Bonchev–Trinajstić information content (AvgIpc) is 3.77. The molecule has 2 aromatic carbocycles. The Bertz CT molecular complexity index is 1940. The summed E-state index contributed by atoms with van der Waals surface area (Å²) in [6.45, 7) is 0.419. The van der Waals surface area contributed by atoms with Gasteiger partial charge in [0.1, 0.15) is 47.0 Å². The lowest BCUT2D eigenvalue weighted by molar-refractivity contribution is -0.337. The average molecular weight is 690 g/mol. The summed E-state index contributed by atoms with van der Waals surface area (Å²) in [6.07, 6.45) is 2.15. The van der Waals surface area contributed by atoms with Gasteiger partial charge in [0.15, 0.2) is 28.9 Å². The molecule has 5 aliphatic rings. The minimum atomic E-state index is -2.56. The quantitative estimate of drug-likeness (QED) is 0.164. The first-order valence-corrected chi connectivity index (χ1v) is 15.5. The molecule has 1 saturated heterocycles. The fraction of sp³-hybridized carbons (Fsp3) is 0.324. The second-order valence-corrected chi connectivity index (χ2v) is 12.1. The van der Waals surface area contributed by atoms with Crippen LogP contribution in [0.2, 0.25) is 0 Å². The second-order valence-electron chi connectivity index (χ2n) is 12.1. The Morgan fingerprint density at radius 1 is 1.16 bits per heavy atom. The SMILES string of the molecule is COc1c(OC2OC(C(=O)O)C3(O)C(C4=NC=NC4)C=CC2(O)C3O)cc2c(c1O)C(O)=CC(c1ccc(OCCC3=NC(=[NH2+])C=C3)cc1)O2. The molecule has 0 spiro atoms. The van der Waals surface area contributed by atoms with Crippen LogP contribution in [0, 0.1) is 5.92 Å². The van der Waals surface area contributed by atoms with Crippen molar-refractivity contribution in [2.24, 2.45) is 20.9 Å². The zero-order valence-corrected chi connectivity index (χ0v) is 26.4. The van der Waals surface area contributed by atoms with E-state index < -0.39 is 53.4 Å². The number of methoxy groups -OCH3 is 1. The van der Waals surface area contributed by atoms with Gasteiger partial charge in [-0.1, -0.05) is 18.2 Å². The van der Waals surface area contributed by atoms with Gasteiger partial charge < -0.3 is 54.3 Å². The van der Waals surface area contributed by atoms with Crippen LogP contribution in [0.15, 0.2) is 75.7 Å². The summed E-state index contributed by atoms with van der Waals surface area (Å²) in [7, 11) is 1.20. The number of hydrogen-bond acceptors (Lipinski definition) is 13. The molecule has 4 aliphatic heterocycles. The number of allylic oxidation sites excluding steroid dienone is 1. The number of carboxylic acids is 1. The molecule has 16 nitrogen and oxygen atoms in total. The van der Waals surface area contributed by atoms with E-state index in [1.165, 1.54) is 31.7 Å². The largest absolute Gasteiger partial charge is 0.507 e. The number of amidine groups is 1. The maximum absolute atomic E-state index is 12.4. The number of aliphatic hydroxyl groups excluding tert-OH is 2. The van der Waals surface area contributed by atoms with Crippen molar-refractivity contribution in [2.45, 2.75) is 42.2 Å². The molecule has 8 N–H and O–H groups in total. The number of aliphatic carboxylic acids is 1. The zero-order valence-electron chi connectivity index (χ0n) is 26.4. The molecule has 7 atom stereocenters. The van der Waals surface area contributed by atoms with E-state index in [9.17, 15) is 35.4 Å². The van der Waals surface area contributed by atoms with Crippen molar-refractivity contribution in [3.63, 3.8) is 0 Å². The van der Waals surface area contributed by atoms with E-state index >= 15 is 0 Å². The number of phenols is 1. The number of carboxylic acid groups (broad SMARTS) is 1. The third-order valence-corrected chi connectivity index (χ3v) is 9.13. The molecule has 50 heavy (non-hydrogen) atoms. The van der Waals surface area contributed by atoms with Crippen molar-refractivity contribution < 1.29 is 64.5 Å². The number of hydrogen-bond donors (Lipinski definition) is 7. The Labute approximate surface area is 283 Å². The first kappa shape index (κ1) is 33.0. The molecule has 0 radical (unpaired) electrons. The summed E-state index contributed by atoms with van der Waals surface area (Å²) >= 11 is 0. The van der Waals surface area contributed by atoms with Crippen LogP contribution in [0.3, 0.4) is 0 Å². The van der Waals surface area contributed by atoms with Crippen molar-refractivity contribution in [1.29, 1.82) is 0 Å². The van der Waals surface area contributed by atoms with E-state index in [1.807, 2.05) is 6.08 Å². The van der Waals surface area contributed by atoms with Crippen LogP contribution in [0.1, 0.15) is 23.7 Å². The highest BCUT2D eigenvalue weighted by atomic mass is 16.7. The van der Waals surface area contributed by atoms with Crippen molar-refractivity contribution >= 4 is 35.3 Å². The number of ether oxygens (including phenoxy) is 5. The third kappa shape index (κ3) is 5.38. The maximum Gasteiger partial charge on any atom is 0.336 e. The highest BCUT2D eigenvalue weighted by molar-refractivity contribution is 6.13. The maximum atomic E-state index is 12.4. The minimum absolute atomic E-state index is 0.0460. The monoisotopic (exact) mass is 689 g/mol. The first-order chi connectivity index (χ1) is 23.9. The van der Waals surface area contributed by atoms with Crippen LogP contribution in [-0.4, -0.2) is 110 Å². The summed E-state index contributed by atoms with van der Waals surface area (Å²) in [5.74, 6) is -3.38. The Balaban J connectivity index is 1.14. The molecule has 0 aromatic heterocycles. The van der Waals surface area contributed by atoms with E-state index in [-0.39, 0.29) is 40.8 Å². The Kier molecular flexibility index (Phi) is 8.18. The fourth-order valence-electron chi connectivity index (χ4n) is 6.61. The second kappa shape index (κ2) is 12.4. The summed E-state index contributed by atoms with van der Waals surface area (Å²) in [6, 6.07) is 8.18. The van der Waals surface area contributed by atoms with Gasteiger partial charge in [0.2, 0.25) is 12.0 Å². The van der Waals surface area contributed by atoms with Crippen molar-refractivity contribution in [3.8, 4) is 28.7 Å². The highest BCUT2D eigenvalue weighted by Crippen LogP contribution is 2.52. The lowest BCUT2D eigenvalue weighted by Crippen LogP contribution is -2.78. The van der Waals surface area contributed by atoms with Crippen molar-refractivity contribution in [3.05, 3.63) is 71.8 Å². The number of carbonyl (C=O) groups is 1. The predicted molar refractivity (Wildman–Crippen MR) is 175 cm³/mol. The molecule has 1 fully saturated rings. The standard InChI is InChI=1S/C34H32N4O12/c1-46-28-24(49-32-33(44)10-8-19(20-14-36-15-37-20)34(45,31(33)43)29(50-32)30(41)42)13-23-26(27(28)40)21(39)12-22(48-23)16-2-5-18(6-3-16)47-11-9-17-4-7-25(35)38-17/h2-8,10,12-13,15,19,22,29,31-32,35,39-40,43-45H,9,11,14H2,1H3,(H,41,42)/p+1. The molecule has 0 amide bonds. The summed E-state index contributed by atoms with van der Waals surface area (Å²) in [5.41, 5.74) is -3.47. The number of fused-ring (bicyclic) bond motifs is 3. The van der Waals surface area contributed by atoms with Crippen LogP contribution in [0.25, 0.3) is 5.76 Å². The van der Waals surface area contributed by atoms with E-state index in [2.05, 4.69) is 15.0 Å². The normalized spacial score (nSPS) is 30.6. The van der Waals surface area contributed by atoms with Gasteiger partial charge in [-0.25, -0.2) is 9.79 Å². The highest BCUT2D eigenvalue weighted by Gasteiger charge is 2.69. The van der Waals surface area contributed by atoms with E-state index in [1.54, 1.807) is 30.3 Å². The molecular formula is C34H33N4O12+. The molecule has 4 heterocycles. The number of benzene rings is 2. The molecule has 7 unspecified atom stereocenters. The van der Waals surface area contributed by atoms with Gasteiger partial charge in [-0.3, -0.25) is 10.4 Å². The molecule has 2 bridgehead atoms. The summed E-state index contributed by atoms with van der Waals surface area (Å²) in [4.78, 5) is 24.6. The molecule has 2 aromatic rings. The molecule has 0 saturated carbocycles. The molecule has 7 rings (SSSR count). The van der Waals surface area contributed by atoms with Crippen LogP contribution in [0.5, 0.6) is 28.7 Å². The minimum Gasteiger partial charge on any atom is -0.507 e. The van der Waals surface area contributed by atoms with Gasteiger partial charge in [0, 0.05) is 24.6 Å². The number of nitrogens with zero attached hydrogens (tertiary/aromatic N) is 3. The molecule has 16 heteroatoms. The van der Waals surface area contributed by atoms with E-state index in [0.29, 0.717) is 30.2 Å². The number of aliphatic hydroxyl groups is 4. The van der Waals surface area contributed by atoms with E-state index in [4.69, 9.17) is 29.1 Å². The van der Waals surface area contributed by atoms with Crippen molar-refractivity contribution in [1.82, 2.24) is 0 Å². The lowest BCUT2D eigenvalue weighted by atomic mass is 9.64. The molecule has 1 aliphatic carbocycles. The summed E-state index contributed by atoms with van der Waals surface area (Å²) in [5, 5.41) is 72.5. The smallest absolute Gasteiger partial charge is 0.336 e. The van der Waals surface area contributed by atoms with Gasteiger partial charge in [-0.2, -0.15) is 0 Å². The first-order valence-electron chi connectivity index (χ1n) is 15.5. The van der Waals surface area contributed by atoms with Gasteiger partial charge >= 0.3 is 11.8 Å². The van der Waals surface area contributed by atoms with Crippen molar-refractivity contribution in [2.75, 3.05) is 20.3 Å². The lowest BCUT2D eigenvalue weighted by Gasteiger charge is -2.55. The third-order valence-electron chi connectivity index (χ3n) is 9.13. The number of rotatable bonds is 10. The number of aromatic hydroxyl groups is 1. The van der Waals surface area contributed by atoms with Gasteiger partial charge in [-0.05, 0) is 34.8 Å². The summed E-state index contributed by atoms with van der Waals surface area (Å²) < 4.78 is 28.9. The van der Waals surface area contributed by atoms with E-state index in [0.717, 1.165) is 11.8 Å². The Hall–Kier alpha value is -5.55. The molecular weight excluding hydrogens is 656 g/mol. The van der Waals surface area contributed by atoms with Crippen LogP contribution >= 0.6 is 0 Å². The van der Waals surface area contributed by atoms with Crippen LogP contribution in [-0.2, 0) is 9.53 Å². The van der Waals surface area contributed by atoms with Crippen LogP contribution in [0.4, 0.5) is 0 Å². The Morgan fingerprint density at radius 2 is 1.94 bits per heavy atom. The molecule has 260 valence electrons. The topological polar surface area (TPSA) is 247 Å². The van der Waals surface area contributed by atoms with Crippen LogP contribution < -0.4 is 24.4 Å². The zero-order chi connectivity index (χ0) is 35.4. The van der Waals surface area contributed by atoms with Gasteiger partial charge in [0.05, 0.1) is 31.9 Å². The van der Waals surface area contributed by atoms with Gasteiger partial charge in [-0.15, -0.1) is 0 Å². The fourth-order valence-corrected chi connectivity index (χ4v) is 6.61.